The monoisotopic (exact) mass is 355 g/mol. The fourth-order valence-corrected chi connectivity index (χ4v) is 2.86. The minimum Gasteiger partial charge on any atom is -0.495 e. The molecule has 6 nitrogen and oxygen atoms in total. The molecule has 0 fully saturated rings. The lowest BCUT2D eigenvalue weighted by Gasteiger charge is -2.11. The third-order valence-electron chi connectivity index (χ3n) is 4.22. The highest BCUT2D eigenvalue weighted by Gasteiger charge is 2.22. The second-order valence-corrected chi connectivity index (χ2v) is 5.73. The maximum absolute atomic E-state index is 12.9. The zero-order chi connectivity index (χ0) is 18.7. The summed E-state index contributed by atoms with van der Waals surface area (Å²) in [5.41, 5.74) is 8.24. The first-order valence-corrected chi connectivity index (χ1v) is 8.24. The van der Waals surface area contributed by atoms with Crippen molar-refractivity contribution in [3.63, 3.8) is 0 Å². The van der Waals surface area contributed by atoms with Gasteiger partial charge in [0.05, 0.1) is 19.9 Å². The van der Waals surface area contributed by atoms with Gasteiger partial charge in [-0.3, -0.25) is 4.79 Å². The van der Waals surface area contributed by atoms with Gasteiger partial charge < -0.3 is 24.7 Å². The van der Waals surface area contributed by atoms with Crippen LogP contribution in [0.15, 0.2) is 35.9 Å². The van der Waals surface area contributed by atoms with E-state index in [0.717, 1.165) is 5.56 Å². The first-order valence-electron chi connectivity index (χ1n) is 8.24. The second kappa shape index (κ2) is 7.39. The molecule has 0 saturated carbocycles. The smallest absolute Gasteiger partial charge is 0.231 e. The molecule has 0 atom stereocenters. The van der Waals surface area contributed by atoms with Gasteiger partial charge in [0.15, 0.2) is 17.3 Å². The summed E-state index contributed by atoms with van der Waals surface area (Å²) < 4.78 is 21.4. The van der Waals surface area contributed by atoms with Crippen LogP contribution in [-0.4, -0.2) is 26.8 Å². The van der Waals surface area contributed by atoms with Crippen molar-refractivity contribution in [1.29, 1.82) is 0 Å². The molecular formula is C20H21NO5. The summed E-state index contributed by atoms with van der Waals surface area (Å²) in [4.78, 5) is 12.9. The molecule has 3 rings (SSSR count). The van der Waals surface area contributed by atoms with Gasteiger partial charge in [-0.1, -0.05) is 6.92 Å². The van der Waals surface area contributed by atoms with Gasteiger partial charge in [0.1, 0.15) is 5.75 Å². The Bertz CT molecular complexity index is 873. The Morgan fingerprint density at radius 3 is 2.65 bits per heavy atom. The number of methoxy groups -OCH3 is 2. The lowest BCUT2D eigenvalue weighted by molar-refractivity contribution is 0.103. The number of nitrogen functional groups attached to an aromatic ring is 1. The van der Waals surface area contributed by atoms with E-state index in [1.54, 1.807) is 31.4 Å². The standard InChI is InChI=1S/C20H21NO5/c1-4-12(18(22)13-5-7-16(23-2)15(21)10-13)9-14-6-8-17-20(19(14)24-3)26-11-25-17/h5-10H,4,11,21H2,1-3H3. The highest BCUT2D eigenvalue weighted by molar-refractivity contribution is 6.12. The van der Waals surface area contributed by atoms with E-state index in [2.05, 4.69) is 0 Å². The van der Waals surface area contributed by atoms with Crippen molar-refractivity contribution in [1.82, 2.24) is 0 Å². The van der Waals surface area contributed by atoms with Crippen LogP contribution in [0.2, 0.25) is 0 Å². The molecule has 1 aliphatic rings. The number of rotatable bonds is 6. The van der Waals surface area contributed by atoms with Crippen LogP contribution in [0.4, 0.5) is 5.69 Å². The topological polar surface area (TPSA) is 80.0 Å². The van der Waals surface area contributed by atoms with Crippen molar-refractivity contribution in [2.45, 2.75) is 13.3 Å². The summed E-state index contributed by atoms with van der Waals surface area (Å²) in [6, 6.07) is 8.67. The maximum Gasteiger partial charge on any atom is 0.231 e. The summed E-state index contributed by atoms with van der Waals surface area (Å²) in [7, 11) is 3.10. The molecule has 2 N–H and O–H groups in total. The summed E-state index contributed by atoms with van der Waals surface area (Å²) in [5.74, 6) is 2.18. The lowest BCUT2D eigenvalue weighted by atomic mass is 9.98. The summed E-state index contributed by atoms with van der Waals surface area (Å²) >= 11 is 0. The number of Topliss-reactive ketones (excluding diaryl/α,β-unsaturated/α-hetero) is 1. The predicted molar refractivity (Wildman–Crippen MR) is 99.1 cm³/mol. The van der Waals surface area contributed by atoms with E-state index in [-0.39, 0.29) is 12.6 Å². The minimum atomic E-state index is -0.0958. The molecule has 136 valence electrons. The molecule has 0 radical (unpaired) electrons. The van der Waals surface area contributed by atoms with Crippen LogP contribution in [0.25, 0.3) is 6.08 Å². The number of benzene rings is 2. The Morgan fingerprint density at radius 1 is 1.19 bits per heavy atom. The van der Waals surface area contributed by atoms with Crippen LogP contribution in [0.5, 0.6) is 23.0 Å². The Kier molecular flexibility index (Phi) is 5.02. The number of nitrogens with two attached hydrogens (primary N) is 1. The predicted octanol–water partition coefficient (Wildman–Crippen LogP) is 3.69. The number of anilines is 1. The second-order valence-electron chi connectivity index (χ2n) is 5.73. The van der Waals surface area contributed by atoms with Crippen molar-refractivity contribution < 1.29 is 23.7 Å². The summed E-state index contributed by atoms with van der Waals surface area (Å²) in [5, 5.41) is 0. The summed E-state index contributed by atoms with van der Waals surface area (Å²) in [6.07, 6.45) is 2.37. The fourth-order valence-electron chi connectivity index (χ4n) is 2.86. The molecule has 0 saturated heterocycles. The molecule has 0 spiro atoms. The van der Waals surface area contributed by atoms with Gasteiger partial charge in [0, 0.05) is 16.7 Å². The van der Waals surface area contributed by atoms with Crippen molar-refractivity contribution in [3.05, 3.63) is 47.0 Å². The van der Waals surface area contributed by atoms with E-state index in [4.69, 9.17) is 24.7 Å². The van der Waals surface area contributed by atoms with Crippen molar-refractivity contribution >= 4 is 17.5 Å². The van der Waals surface area contributed by atoms with Crippen LogP contribution in [0.3, 0.4) is 0 Å². The fraction of sp³-hybridized carbons (Fsp3) is 0.250. The van der Waals surface area contributed by atoms with Gasteiger partial charge in [-0.05, 0) is 42.8 Å². The molecule has 0 unspecified atom stereocenters. The lowest BCUT2D eigenvalue weighted by Crippen LogP contribution is -2.05. The van der Waals surface area contributed by atoms with Crippen LogP contribution in [-0.2, 0) is 0 Å². The van der Waals surface area contributed by atoms with Crippen LogP contribution in [0, 0.1) is 0 Å². The summed E-state index contributed by atoms with van der Waals surface area (Å²) in [6.45, 7) is 2.08. The molecule has 1 aliphatic heterocycles. The van der Waals surface area contributed by atoms with E-state index in [0.29, 0.717) is 46.2 Å². The highest BCUT2D eigenvalue weighted by atomic mass is 16.7. The zero-order valence-electron chi connectivity index (χ0n) is 15.0. The molecule has 0 aromatic heterocycles. The van der Waals surface area contributed by atoms with Gasteiger partial charge in [0.25, 0.3) is 0 Å². The maximum atomic E-state index is 12.9. The Hall–Kier alpha value is -3.15. The Labute approximate surface area is 152 Å². The molecule has 6 heteroatoms. The quantitative estimate of drug-likeness (QED) is 0.484. The van der Waals surface area contributed by atoms with Gasteiger partial charge in [-0.15, -0.1) is 0 Å². The third kappa shape index (κ3) is 3.18. The third-order valence-corrected chi connectivity index (χ3v) is 4.22. The number of fused-ring (bicyclic) bond motifs is 1. The Balaban J connectivity index is 1.98. The van der Waals surface area contributed by atoms with E-state index in [1.165, 1.54) is 7.11 Å². The number of allylic oxidation sites excluding steroid dienone is 1. The number of carbonyl (C=O) groups is 1. The molecular weight excluding hydrogens is 334 g/mol. The van der Waals surface area contributed by atoms with Crippen LogP contribution < -0.4 is 24.7 Å². The SMILES string of the molecule is CCC(=Cc1ccc2c(c1OC)OCO2)C(=O)c1ccc(OC)c(N)c1. The average Bonchev–Trinajstić information content (AvgIpc) is 3.13. The first-order chi connectivity index (χ1) is 12.6. The number of ketones is 1. The zero-order valence-corrected chi connectivity index (χ0v) is 15.0. The number of carbonyl (C=O) groups excluding carboxylic acids is 1. The van der Waals surface area contributed by atoms with E-state index < -0.39 is 0 Å². The van der Waals surface area contributed by atoms with Crippen LogP contribution >= 0.6 is 0 Å². The number of hydrogen-bond donors (Lipinski definition) is 1. The van der Waals surface area contributed by atoms with Gasteiger partial charge >= 0.3 is 0 Å². The largest absolute Gasteiger partial charge is 0.495 e. The van der Waals surface area contributed by atoms with E-state index in [9.17, 15) is 4.79 Å². The number of hydrogen-bond acceptors (Lipinski definition) is 6. The normalized spacial score (nSPS) is 12.8. The Morgan fingerprint density at radius 2 is 2.00 bits per heavy atom. The van der Waals surface area contributed by atoms with Crippen LogP contribution in [0.1, 0.15) is 29.3 Å². The minimum absolute atomic E-state index is 0.0958. The molecule has 2 aromatic carbocycles. The molecule has 26 heavy (non-hydrogen) atoms. The molecule has 1 heterocycles. The molecule has 0 amide bonds. The highest BCUT2D eigenvalue weighted by Crippen LogP contribution is 2.44. The molecule has 0 bridgehead atoms. The van der Waals surface area contributed by atoms with Crippen molar-refractivity contribution in [3.8, 4) is 23.0 Å². The van der Waals surface area contributed by atoms with Gasteiger partial charge in [-0.25, -0.2) is 0 Å². The average molecular weight is 355 g/mol. The molecule has 2 aromatic rings. The van der Waals surface area contributed by atoms with Gasteiger partial charge in [-0.2, -0.15) is 0 Å². The first kappa shape index (κ1) is 17.7. The van der Waals surface area contributed by atoms with Crippen molar-refractivity contribution in [2.75, 3.05) is 26.7 Å². The molecule has 0 aliphatic carbocycles. The van der Waals surface area contributed by atoms with Gasteiger partial charge in [0.2, 0.25) is 12.5 Å². The van der Waals surface area contributed by atoms with E-state index >= 15 is 0 Å². The number of ether oxygens (including phenoxy) is 4. The van der Waals surface area contributed by atoms with Crippen molar-refractivity contribution in [2.24, 2.45) is 0 Å². The van der Waals surface area contributed by atoms with E-state index in [1.807, 2.05) is 19.1 Å².